The van der Waals surface area contributed by atoms with E-state index in [4.69, 9.17) is 5.11 Å². The summed E-state index contributed by atoms with van der Waals surface area (Å²) in [7, 11) is 0. The normalized spacial score (nSPS) is 10.8. The van der Waals surface area contributed by atoms with Crippen molar-refractivity contribution < 1.29 is 9.90 Å². The molecule has 0 saturated heterocycles. The number of pyridine rings is 1. The summed E-state index contributed by atoms with van der Waals surface area (Å²) < 4.78 is 1.93. The second kappa shape index (κ2) is 4.81. The van der Waals surface area contributed by atoms with E-state index in [2.05, 4.69) is 30.1 Å². The van der Waals surface area contributed by atoms with Gasteiger partial charge in [-0.2, -0.15) is 0 Å². The number of imidazole rings is 1. The van der Waals surface area contributed by atoms with Gasteiger partial charge in [-0.05, 0) is 24.6 Å². The molecule has 0 atom stereocenters. The SMILES string of the molecule is Cc1cccc(Cc2ncc3cc(C(=O)O)ccn23)c1. The van der Waals surface area contributed by atoms with E-state index >= 15 is 0 Å². The van der Waals surface area contributed by atoms with Gasteiger partial charge in [-0.25, -0.2) is 9.78 Å². The minimum Gasteiger partial charge on any atom is -0.478 e. The Balaban J connectivity index is 1.98. The summed E-state index contributed by atoms with van der Waals surface area (Å²) in [5.41, 5.74) is 3.49. The van der Waals surface area contributed by atoms with Crippen molar-refractivity contribution in [3.05, 3.63) is 71.3 Å². The third kappa shape index (κ3) is 2.28. The zero-order chi connectivity index (χ0) is 14.1. The molecular weight excluding hydrogens is 252 g/mol. The van der Waals surface area contributed by atoms with E-state index in [1.807, 2.05) is 10.5 Å². The summed E-state index contributed by atoms with van der Waals surface area (Å²) >= 11 is 0. The van der Waals surface area contributed by atoms with Crippen molar-refractivity contribution in [2.75, 3.05) is 0 Å². The number of carbonyl (C=O) groups is 1. The number of benzene rings is 1. The average molecular weight is 266 g/mol. The molecule has 0 amide bonds. The molecule has 0 radical (unpaired) electrons. The van der Waals surface area contributed by atoms with Crippen molar-refractivity contribution in [2.45, 2.75) is 13.3 Å². The first-order valence-electron chi connectivity index (χ1n) is 6.38. The van der Waals surface area contributed by atoms with E-state index in [0.29, 0.717) is 0 Å². The summed E-state index contributed by atoms with van der Waals surface area (Å²) in [6.07, 6.45) is 4.19. The Bertz CT molecular complexity index is 790. The summed E-state index contributed by atoms with van der Waals surface area (Å²) in [5, 5.41) is 8.99. The molecule has 3 rings (SSSR count). The fourth-order valence-corrected chi connectivity index (χ4v) is 2.32. The molecule has 4 heteroatoms. The first kappa shape index (κ1) is 12.4. The lowest BCUT2D eigenvalue weighted by molar-refractivity contribution is 0.0697. The van der Waals surface area contributed by atoms with Gasteiger partial charge in [0.2, 0.25) is 0 Å². The largest absolute Gasteiger partial charge is 0.478 e. The highest BCUT2D eigenvalue weighted by Gasteiger charge is 2.08. The molecule has 2 aromatic heterocycles. The predicted octanol–water partition coefficient (Wildman–Crippen LogP) is 2.93. The molecule has 2 heterocycles. The van der Waals surface area contributed by atoms with Crippen LogP contribution in [0.3, 0.4) is 0 Å². The Morgan fingerprint density at radius 1 is 1.30 bits per heavy atom. The number of hydrogen-bond acceptors (Lipinski definition) is 2. The van der Waals surface area contributed by atoms with Crippen LogP contribution in [0.15, 0.2) is 48.8 Å². The third-order valence-corrected chi connectivity index (χ3v) is 3.30. The molecule has 0 aliphatic carbocycles. The highest BCUT2D eigenvalue weighted by molar-refractivity contribution is 5.88. The maximum Gasteiger partial charge on any atom is 0.335 e. The first-order valence-corrected chi connectivity index (χ1v) is 6.38. The van der Waals surface area contributed by atoms with Gasteiger partial charge in [0, 0.05) is 12.6 Å². The zero-order valence-corrected chi connectivity index (χ0v) is 11.1. The minimum atomic E-state index is -0.922. The molecule has 1 aromatic carbocycles. The lowest BCUT2D eigenvalue weighted by atomic mass is 10.1. The third-order valence-electron chi connectivity index (χ3n) is 3.30. The van der Waals surface area contributed by atoms with Gasteiger partial charge < -0.3 is 9.51 Å². The van der Waals surface area contributed by atoms with E-state index in [1.165, 1.54) is 11.1 Å². The first-order chi connectivity index (χ1) is 9.63. The molecular formula is C16H14N2O2. The maximum absolute atomic E-state index is 11.0. The average Bonchev–Trinajstić information content (AvgIpc) is 2.81. The fraction of sp³-hybridized carbons (Fsp3) is 0.125. The molecule has 3 aromatic rings. The van der Waals surface area contributed by atoms with Crippen molar-refractivity contribution in [3.63, 3.8) is 0 Å². The van der Waals surface area contributed by atoms with E-state index in [9.17, 15) is 4.79 Å². The highest BCUT2D eigenvalue weighted by atomic mass is 16.4. The molecule has 0 spiro atoms. The number of aromatic carboxylic acids is 1. The van der Waals surface area contributed by atoms with Crippen LogP contribution in [-0.2, 0) is 6.42 Å². The van der Waals surface area contributed by atoms with Gasteiger partial charge in [0.1, 0.15) is 5.82 Å². The van der Waals surface area contributed by atoms with Crippen molar-refractivity contribution in [1.82, 2.24) is 9.38 Å². The quantitative estimate of drug-likeness (QED) is 0.793. The Morgan fingerprint density at radius 3 is 2.90 bits per heavy atom. The smallest absolute Gasteiger partial charge is 0.335 e. The summed E-state index contributed by atoms with van der Waals surface area (Å²) in [4.78, 5) is 15.3. The minimum absolute atomic E-state index is 0.277. The maximum atomic E-state index is 11.0. The fourth-order valence-electron chi connectivity index (χ4n) is 2.32. The lowest BCUT2D eigenvalue weighted by Gasteiger charge is -2.03. The van der Waals surface area contributed by atoms with Crippen LogP contribution in [-0.4, -0.2) is 20.5 Å². The van der Waals surface area contributed by atoms with Crippen LogP contribution in [0.1, 0.15) is 27.3 Å². The van der Waals surface area contributed by atoms with Gasteiger partial charge in [-0.15, -0.1) is 0 Å². The van der Waals surface area contributed by atoms with Crippen LogP contribution < -0.4 is 0 Å². The second-order valence-corrected chi connectivity index (χ2v) is 4.86. The standard InChI is InChI=1S/C16H14N2O2/c1-11-3-2-4-12(7-11)8-15-17-10-14-9-13(16(19)20)5-6-18(14)15/h2-7,9-10H,8H2,1H3,(H,19,20). The Morgan fingerprint density at radius 2 is 2.15 bits per heavy atom. The van der Waals surface area contributed by atoms with Gasteiger partial charge >= 0.3 is 5.97 Å². The van der Waals surface area contributed by atoms with E-state index in [-0.39, 0.29) is 5.56 Å². The summed E-state index contributed by atoms with van der Waals surface area (Å²) in [6.45, 7) is 2.06. The number of hydrogen-bond donors (Lipinski definition) is 1. The molecule has 0 saturated carbocycles. The number of nitrogens with zero attached hydrogens (tertiary/aromatic N) is 2. The number of fused-ring (bicyclic) bond motifs is 1. The molecule has 4 nitrogen and oxygen atoms in total. The monoisotopic (exact) mass is 266 g/mol. The van der Waals surface area contributed by atoms with E-state index < -0.39 is 5.97 Å². The molecule has 0 unspecified atom stereocenters. The molecule has 1 N–H and O–H groups in total. The van der Waals surface area contributed by atoms with Crippen molar-refractivity contribution in [2.24, 2.45) is 0 Å². The van der Waals surface area contributed by atoms with Crippen molar-refractivity contribution in [3.8, 4) is 0 Å². The van der Waals surface area contributed by atoms with Crippen LogP contribution in [0.25, 0.3) is 5.52 Å². The number of aryl methyl sites for hydroxylation is 1. The predicted molar refractivity (Wildman–Crippen MR) is 76.1 cm³/mol. The molecule has 20 heavy (non-hydrogen) atoms. The summed E-state index contributed by atoms with van der Waals surface area (Å²) in [6, 6.07) is 11.5. The van der Waals surface area contributed by atoms with Gasteiger partial charge in [0.25, 0.3) is 0 Å². The molecule has 0 bridgehead atoms. The Kier molecular flexibility index (Phi) is 2.99. The van der Waals surface area contributed by atoms with Crippen LogP contribution in [0.2, 0.25) is 0 Å². The van der Waals surface area contributed by atoms with Crippen molar-refractivity contribution >= 4 is 11.5 Å². The number of rotatable bonds is 3. The van der Waals surface area contributed by atoms with Gasteiger partial charge in [-0.1, -0.05) is 29.8 Å². The molecule has 0 fully saturated rings. The van der Waals surface area contributed by atoms with Crippen LogP contribution in [0.4, 0.5) is 0 Å². The summed E-state index contributed by atoms with van der Waals surface area (Å²) in [5.74, 6) is -0.0172. The molecule has 0 aliphatic heterocycles. The van der Waals surface area contributed by atoms with Gasteiger partial charge in [-0.3, -0.25) is 0 Å². The number of aromatic nitrogens is 2. The molecule has 0 aliphatic rings. The van der Waals surface area contributed by atoms with Crippen molar-refractivity contribution in [1.29, 1.82) is 0 Å². The van der Waals surface area contributed by atoms with Gasteiger partial charge in [0.15, 0.2) is 0 Å². The topological polar surface area (TPSA) is 54.6 Å². The highest BCUT2D eigenvalue weighted by Crippen LogP contribution is 2.14. The lowest BCUT2D eigenvalue weighted by Crippen LogP contribution is -2.00. The second-order valence-electron chi connectivity index (χ2n) is 4.86. The number of carboxylic acids is 1. The van der Waals surface area contributed by atoms with Crippen LogP contribution >= 0.6 is 0 Å². The van der Waals surface area contributed by atoms with Crippen LogP contribution in [0.5, 0.6) is 0 Å². The molecule has 100 valence electrons. The Labute approximate surface area is 116 Å². The van der Waals surface area contributed by atoms with Crippen LogP contribution in [0, 0.1) is 6.92 Å². The zero-order valence-electron chi connectivity index (χ0n) is 11.1. The van der Waals surface area contributed by atoms with E-state index in [1.54, 1.807) is 24.5 Å². The number of carboxylic acid groups (broad SMARTS) is 1. The van der Waals surface area contributed by atoms with E-state index in [0.717, 1.165) is 17.8 Å². The van der Waals surface area contributed by atoms with Gasteiger partial charge in [0.05, 0.1) is 17.3 Å². The Hall–Kier alpha value is -2.62.